The van der Waals surface area contributed by atoms with Crippen molar-refractivity contribution in [2.75, 3.05) is 44.5 Å². The van der Waals surface area contributed by atoms with Crippen LogP contribution in [0, 0.1) is 0 Å². The van der Waals surface area contributed by atoms with Gasteiger partial charge in [0, 0.05) is 44.6 Å². The second-order valence-electron chi connectivity index (χ2n) is 6.90. The molecule has 1 aliphatic heterocycles. The molecule has 0 spiro atoms. The van der Waals surface area contributed by atoms with E-state index in [2.05, 4.69) is 35.2 Å². The monoisotopic (exact) mass is 370 g/mol. The van der Waals surface area contributed by atoms with Crippen molar-refractivity contribution >= 4 is 28.2 Å². The molecule has 3 N–H and O–H groups in total. The summed E-state index contributed by atoms with van der Waals surface area (Å²) in [6.45, 7) is 6.45. The third-order valence-corrected chi connectivity index (χ3v) is 5.25. The van der Waals surface area contributed by atoms with Crippen molar-refractivity contribution in [3.63, 3.8) is 0 Å². The van der Waals surface area contributed by atoms with Gasteiger partial charge in [0.25, 0.3) is 0 Å². The van der Waals surface area contributed by atoms with E-state index in [0.29, 0.717) is 17.4 Å². The molecule has 0 radical (unpaired) electrons. The van der Waals surface area contributed by atoms with Crippen LogP contribution >= 0.6 is 0 Å². The van der Waals surface area contributed by atoms with Gasteiger partial charge in [-0.3, -0.25) is 0 Å². The number of aromatic nitrogens is 3. The highest BCUT2D eigenvalue weighted by molar-refractivity contribution is 5.94. The summed E-state index contributed by atoms with van der Waals surface area (Å²) in [5, 5.41) is 3.21. The Balaban J connectivity index is 2.16. The number of rotatable bonds is 6. The molecule has 0 aliphatic carbocycles. The summed E-state index contributed by atoms with van der Waals surface area (Å²) in [7, 11) is 4.04. The molecule has 0 unspecified atom stereocenters. The average molecular weight is 371 g/mol. The van der Waals surface area contributed by atoms with E-state index < -0.39 is 0 Å². The quantitative estimate of drug-likeness (QED) is 0.807. The van der Waals surface area contributed by atoms with Crippen molar-refractivity contribution in [2.24, 2.45) is 0 Å². The Morgan fingerprint density at radius 3 is 2.70 bits per heavy atom. The number of likely N-dealkylation sites (N-methyl/N-ethyl adjacent to an activating group) is 1. The number of ether oxygens (including phenoxy) is 1. The van der Waals surface area contributed by atoms with Crippen LogP contribution in [-0.4, -0.2) is 54.8 Å². The lowest BCUT2D eigenvalue weighted by Crippen LogP contribution is -2.37. The lowest BCUT2D eigenvalue weighted by Gasteiger charge is -2.33. The first-order valence-electron chi connectivity index (χ1n) is 9.66. The van der Waals surface area contributed by atoms with E-state index in [4.69, 9.17) is 20.4 Å². The molecule has 27 heavy (non-hydrogen) atoms. The highest BCUT2D eigenvalue weighted by atomic mass is 16.5. The molecule has 0 bridgehead atoms. The van der Waals surface area contributed by atoms with E-state index in [1.54, 1.807) is 0 Å². The third-order valence-electron chi connectivity index (χ3n) is 5.25. The standard InChI is InChI=1S/C20H30N6O/c1-5-13(11-22-3)15-12-23-19(21)18-17(15)25-20(16(6-2)24-18)26(4)14-7-9-27-10-8-14/h5,12,14,22H,6-11H2,1-4H3,(H2,21,23)/b13-5+. The number of nitrogens with one attached hydrogen (secondary N) is 1. The zero-order valence-corrected chi connectivity index (χ0v) is 16.7. The van der Waals surface area contributed by atoms with Gasteiger partial charge in [0.05, 0.1) is 5.69 Å². The highest BCUT2D eigenvalue weighted by Gasteiger charge is 2.24. The average Bonchev–Trinajstić information content (AvgIpc) is 2.72. The van der Waals surface area contributed by atoms with Crippen LogP contribution in [0.5, 0.6) is 0 Å². The molecule has 2 aromatic heterocycles. The lowest BCUT2D eigenvalue weighted by molar-refractivity contribution is 0.0853. The zero-order valence-electron chi connectivity index (χ0n) is 16.7. The van der Waals surface area contributed by atoms with Gasteiger partial charge in [-0.05, 0) is 38.8 Å². The molecule has 0 saturated carbocycles. The molecule has 7 nitrogen and oxygen atoms in total. The molecule has 0 atom stereocenters. The van der Waals surface area contributed by atoms with E-state index >= 15 is 0 Å². The van der Waals surface area contributed by atoms with E-state index in [1.165, 1.54) is 0 Å². The summed E-state index contributed by atoms with van der Waals surface area (Å²) in [6.07, 6.45) is 6.70. The molecular weight excluding hydrogens is 340 g/mol. The largest absolute Gasteiger partial charge is 0.382 e. The molecule has 7 heteroatoms. The number of allylic oxidation sites excluding steroid dienone is 1. The van der Waals surface area contributed by atoms with Crippen molar-refractivity contribution in [3.05, 3.63) is 23.5 Å². The predicted octanol–water partition coefficient (Wildman–Crippen LogP) is 2.41. The number of pyridine rings is 1. The summed E-state index contributed by atoms with van der Waals surface area (Å²) >= 11 is 0. The van der Waals surface area contributed by atoms with Crippen molar-refractivity contribution in [2.45, 2.75) is 39.2 Å². The van der Waals surface area contributed by atoms with Crippen LogP contribution in [0.25, 0.3) is 16.6 Å². The Kier molecular flexibility index (Phi) is 6.23. The lowest BCUT2D eigenvalue weighted by atomic mass is 10.0. The molecule has 0 amide bonds. The van der Waals surface area contributed by atoms with Gasteiger partial charge >= 0.3 is 0 Å². The minimum atomic E-state index is 0.414. The Bertz CT molecular complexity index is 829. The maximum absolute atomic E-state index is 6.15. The van der Waals surface area contributed by atoms with Crippen LogP contribution < -0.4 is 16.0 Å². The predicted molar refractivity (Wildman–Crippen MR) is 111 cm³/mol. The van der Waals surface area contributed by atoms with E-state index in [0.717, 1.165) is 67.2 Å². The first kappa shape index (κ1) is 19.5. The number of nitrogens with two attached hydrogens (primary N) is 1. The fourth-order valence-electron chi connectivity index (χ4n) is 3.63. The summed E-state index contributed by atoms with van der Waals surface area (Å²) in [6, 6.07) is 0.414. The summed E-state index contributed by atoms with van der Waals surface area (Å²) < 4.78 is 5.52. The fourth-order valence-corrected chi connectivity index (χ4v) is 3.63. The molecule has 1 fully saturated rings. The number of anilines is 2. The number of nitrogens with zero attached hydrogens (tertiary/aromatic N) is 4. The Morgan fingerprint density at radius 2 is 2.07 bits per heavy atom. The van der Waals surface area contributed by atoms with Gasteiger partial charge in [-0.1, -0.05) is 13.0 Å². The fraction of sp³-hybridized carbons (Fsp3) is 0.550. The third kappa shape index (κ3) is 3.89. The molecule has 1 aliphatic rings. The van der Waals surface area contributed by atoms with Crippen molar-refractivity contribution < 1.29 is 4.74 Å². The van der Waals surface area contributed by atoms with Crippen LogP contribution in [0.2, 0.25) is 0 Å². The van der Waals surface area contributed by atoms with Crippen LogP contribution in [0.3, 0.4) is 0 Å². The summed E-state index contributed by atoms with van der Waals surface area (Å²) in [5.74, 6) is 1.36. The first-order valence-corrected chi connectivity index (χ1v) is 9.66. The van der Waals surface area contributed by atoms with Crippen LogP contribution in [0.4, 0.5) is 11.6 Å². The van der Waals surface area contributed by atoms with E-state index in [9.17, 15) is 0 Å². The number of hydrogen-bond donors (Lipinski definition) is 2. The van der Waals surface area contributed by atoms with Crippen molar-refractivity contribution in [1.82, 2.24) is 20.3 Å². The van der Waals surface area contributed by atoms with Gasteiger partial charge in [0.1, 0.15) is 11.0 Å². The maximum Gasteiger partial charge on any atom is 0.151 e. The number of nitrogen functional groups attached to an aromatic ring is 1. The van der Waals surface area contributed by atoms with Gasteiger partial charge in [-0.25, -0.2) is 15.0 Å². The van der Waals surface area contributed by atoms with Gasteiger partial charge in [-0.15, -0.1) is 0 Å². The number of aryl methyl sites for hydroxylation is 1. The smallest absolute Gasteiger partial charge is 0.151 e. The van der Waals surface area contributed by atoms with Gasteiger partial charge in [0.2, 0.25) is 0 Å². The minimum Gasteiger partial charge on any atom is -0.382 e. The van der Waals surface area contributed by atoms with Gasteiger partial charge in [-0.2, -0.15) is 0 Å². The number of fused-ring (bicyclic) bond motifs is 1. The normalized spacial score (nSPS) is 16.1. The molecule has 2 aromatic rings. The second-order valence-corrected chi connectivity index (χ2v) is 6.90. The van der Waals surface area contributed by atoms with Crippen molar-refractivity contribution in [3.8, 4) is 0 Å². The minimum absolute atomic E-state index is 0.414. The zero-order chi connectivity index (χ0) is 19.4. The van der Waals surface area contributed by atoms with E-state index in [1.807, 2.05) is 20.2 Å². The molecule has 0 aromatic carbocycles. The molecule has 146 valence electrons. The second kappa shape index (κ2) is 8.63. The SMILES string of the molecule is C/C=C(\CNC)c1cnc(N)c2nc(CC)c(N(C)C3CCOCC3)nc12. The summed E-state index contributed by atoms with van der Waals surface area (Å²) in [5.41, 5.74) is 10.7. The van der Waals surface area contributed by atoms with Crippen molar-refractivity contribution in [1.29, 1.82) is 0 Å². The van der Waals surface area contributed by atoms with E-state index in [-0.39, 0.29) is 0 Å². The molecule has 3 heterocycles. The molecule has 3 rings (SSSR count). The maximum atomic E-state index is 6.15. The molecule has 1 saturated heterocycles. The topological polar surface area (TPSA) is 89.2 Å². The molecular formula is C20H30N6O. The number of hydrogen-bond acceptors (Lipinski definition) is 7. The van der Waals surface area contributed by atoms with Gasteiger partial charge < -0.3 is 20.7 Å². The van der Waals surface area contributed by atoms with Gasteiger partial charge in [0.15, 0.2) is 11.6 Å². The van der Waals surface area contributed by atoms with Crippen LogP contribution in [0.15, 0.2) is 12.3 Å². The Labute approximate surface area is 161 Å². The first-order chi connectivity index (χ1) is 13.1. The van der Waals surface area contributed by atoms with Crippen LogP contribution in [0.1, 0.15) is 37.9 Å². The highest BCUT2D eigenvalue weighted by Crippen LogP contribution is 2.30. The summed E-state index contributed by atoms with van der Waals surface area (Å²) in [4.78, 5) is 16.6. The van der Waals surface area contributed by atoms with Crippen LogP contribution in [-0.2, 0) is 11.2 Å². The Morgan fingerprint density at radius 1 is 1.33 bits per heavy atom. The Hall–Kier alpha value is -2.25.